The van der Waals surface area contributed by atoms with Crippen molar-refractivity contribution >= 4 is 28.2 Å². The SMILES string of the molecule is CCCNc1nnc(CSc2ccncn2)s1. The van der Waals surface area contributed by atoms with Crippen molar-refractivity contribution in [2.45, 2.75) is 24.1 Å². The molecule has 0 spiro atoms. The Bertz CT molecular complexity index is 445. The fraction of sp³-hybridized carbons (Fsp3) is 0.400. The Morgan fingerprint density at radius 3 is 3.12 bits per heavy atom. The molecule has 0 saturated carbocycles. The number of nitrogens with zero attached hydrogens (tertiary/aromatic N) is 4. The van der Waals surface area contributed by atoms with Crippen molar-refractivity contribution < 1.29 is 0 Å². The van der Waals surface area contributed by atoms with Crippen molar-refractivity contribution in [1.29, 1.82) is 0 Å². The molecule has 0 aliphatic heterocycles. The first-order chi connectivity index (χ1) is 8.38. The summed E-state index contributed by atoms with van der Waals surface area (Å²) >= 11 is 3.23. The molecule has 0 aliphatic carbocycles. The van der Waals surface area contributed by atoms with Crippen molar-refractivity contribution in [1.82, 2.24) is 20.2 Å². The summed E-state index contributed by atoms with van der Waals surface area (Å²) in [6.45, 7) is 3.06. The molecule has 0 aromatic carbocycles. The average Bonchev–Trinajstić information content (AvgIpc) is 2.83. The fourth-order valence-corrected chi connectivity index (χ4v) is 2.70. The third-order valence-electron chi connectivity index (χ3n) is 1.89. The maximum absolute atomic E-state index is 4.14. The Morgan fingerprint density at radius 1 is 1.41 bits per heavy atom. The summed E-state index contributed by atoms with van der Waals surface area (Å²) in [5, 5.41) is 14.3. The Labute approximate surface area is 108 Å². The standard InChI is InChI=1S/C10H13N5S2/c1-2-4-12-10-15-14-9(17-10)6-16-8-3-5-11-7-13-8/h3,5,7H,2,4,6H2,1H3,(H,12,15). The van der Waals surface area contributed by atoms with Crippen molar-refractivity contribution in [2.24, 2.45) is 0 Å². The summed E-state index contributed by atoms with van der Waals surface area (Å²) in [6.07, 6.45) is 4.38. The predicted octanol–water partition coefficient (Wildman–Crippen LogP) is 2.44. The van der Waals surface area contributed by atoms with Gasteiger partial charge in [0.15, 0.2) is 0 Å². The lowest BCUT2D eigenvalue weighted by atomic mass is 10.5. The lowest BCUT2D eigenvalue weighted by molar-refractivity contribution is 0.957. The van der Waals surface area contributed by atoms with E-state index in [-0.39, 0.29) is 0 Å². The first-order valence-electron chi connectivity index (χ1n) is 5.33. The summed E-state index contributed by atoms with van der Waals surface area (Å²) in [5.41, 5.74) is 0. The van der Waals surface area contributed by atoms with Gasteiger partial charge in [-0.15, -0.1) is 10.2 Å². The van der Waals surface area contributed by atoms with Gasteiger partial charge in [-0.25, -0.2) is 9.97 Å². The smallest absolute Gasteiger partial charge is 0.205 e. The fourth-order valence-electron chi connectivity index (χ4n) is 1.11. The minimum absolute atomic E-state index is 0.794. The molecular formula is C10H13N5S2. The minimum atomic E-state index is 0.794. The van der Waals surface area contributed by atoms with Crippen LogP contribution in [0.3, 0.4) is 0 Å². The summed E-state index contributed by atoms with van der Waals surface area (Å²) in [7, 11) is 0. The Morgan fingerprint density at radius 2 is 2.35 bits per heavy atom. The molecule has 0 bridgehead atoms. The third-order valence-corrected chi connectivity index (χ3v) is 3.91. The van der Waals surface area contributed by atoms with E-state index in [9.17, 15) is 0 Å². The monoisotopic (exact) mass is 267 g/mol. The number of nitrogens with one attached hydrogen (secondary N) is 1. The van der Waals surface area contributed by atoms with Gasteiger partial charge in [0.1, 0.15) is 11.3 Å². The van der Waals surface area contributed by atoms with Gasteiger partial charge in [-0.05, 0) is 12.5 Å². The lowest BCUT2D eigenvalue weighted by Gasteiger charge is -1.96. The molecule has 90 valence electrons. The van der Waals surface area contributed by atoms with E-state index >= 15 is 0 Å². The summed E-state index contributed by atoms with van der Waals surface area (Å²) < 4.78 is 0. The Hall–Kier alpha value is -1.21. The molecule has 0 fully saturated rings. The van der Waals surface area contributed by atoms with E-state index in [1.54, 1.807) is 35.6 Å². The van der Waals surface area contributed by atoms with Crippen LogP contribution in [0, 0.1) is 0 Å². The highest BCUT2D eigenvalue weighted by atomic mass is 32.2. The summed E-state index contributed by atoms with van der Waals surface area (Å²) in [4.78, 5) is 8.02. The van der Waals surface area contributed by atoms with Gasteiger partial charge in [0.2, 0.25) is 5.13 Å². The van der Waals surface area contributed by atoms with Crippen LogP contribution in [0.4, 0.5) is 5.13 Å². The molecule has 0 amide bonds. The van der Waals surface area contributed by atoms with E-state index in [0.717, 1.165) is 33.9 Å². The van der Waals surface area contributed by atoms with Crippen molar-refractivity contribution in [3.8, 4) is 0 Å². The summed E-state index contributed by atoms with van der Waals surface area (Å²) in [5.74, 6) is 0.794. The van der Waals surface area contributed by atoms with Crippen LogP contribution in [-0.4, -0.2) is 26.7 Å². The van der Waals surface area contributed by atoms with E-state index in [4.69, 9.17) is 0 Å². The van der Waals surface area contributed by atoms with Crippen LogP contribution in [-0.2, 0) is 5.75 Å². The van der Waals surface area contributed by atoms with Crippen LogP contribution in [0.1, 0.15) is 18.4 Å². The molecular weight excluding hydrogens is 254 g/mol. The van der Waals surface area contributed by atoms with Gasteiger partial charge in [-0.3, -0.25) is 0 Å². The van der Waals surface area contributed by atoms with E-state index < -0.39 is 0 Å². The molecule has 0 aliphatic rings. The van der Waals surface area contributed by atoms with Crippen molar-refractivity contribution in [3.63, 3.8) is 0 Å². The molecule has 0 radical (unpaired) electrons. The highest BCUT2D eigenvalue weighted by Gasteiger charge is 2.04. The normalized spacial score (nSPS) is 10.4. The summed E-state index contributed by atoms with van der Waals surface area (Å²) in [6, 6.07) is 1.89. The number of anilines is 1. The van der Waals surface area contributed by atoms with Gasteiger partial charge in [0.25, 0.3) is 0 Å². The highest BCUT2D eigenvalue weighted by Crippen LogP contribution is 2.23. The maximum atomic E-state index is 4.14. The first kappa shape index (κ1) is 12.3. The molecule has 2 aromatic rings. The van der Waals surface area contributed by atoms with E-state index in [2.05, 4.69) is 32.4 Å². The highest BCUT2D eigenvalue weighted by molar-refractivity contribution is 7.98. The van der Waals surface area contributed by atoms with Gasteiger partial charge in [0.05, 0.1) is 10.8 Å². The topological polar surface area (TPSA) is 63.6 Å². The number of thioether (sulfide) groups is 1. The van der Waals surface area contributed by atoms with E-state index in [1.807, 2.05) is 6.07 Å². The lowest BCUT2D eigenvalue weighted by Crippen LogP contribution is -1.98. The zero-order valence-corrected chi connectivity index (χ0v) is 11.1. The average molecular weight is 267 g/mol. The maximum Gasteiger partial charge on any atom is 0.205 e. The van der Waals surface area contributed by atoms with Crippen LogP contribution in [0.2, 0.25) is 0 Å². The largest absolute Gasteiger partial charge is 0.360 e. The van der Waals surface area contributed by atoms with Crippen LogP contribution >= 0.6 is 23.1 Å². The van der Waals surface area contributed by atoms with Gasteiger partial charge in [-0.2, -0.15) is 0 Å². The third kappa shape index (κ3) is 3.94. The van der Waals surface area contributed by atoms with Gasteiger partial charge in [0, 0.05) is 12.7 Å². The molecule has 0 saturated heterocycles. The molecule has 17 heavy (non-hydrogen) atoms. The quantitative estimate of drug-likeness (QED) is 0.640. The van der Waals surface area contributed by atoms with Gasteiger partial charge in [-0.1, -0.05) is 30.0 Å². The molecule has 1 N–H and O–H groups in total. The van der Waals surface area contributed by atoms with Crippen LogP contribution in [0.5, 0.6) is 0 Å². The zero-order valence-electron chi connectivity index (χ0n) is 9.46. The van der Waals surface area contributed by atoms with Crippen molar-refractivity contribution in [3.05, 3.63) is 23.6 Å². The second-order valence-electron chi connectivity index (χ2n) is 3.26. The zero-order chi connectivity index (χ0) is 11.9. The molecule has 7 heteroatoms. The van der Waals surface area contributed by atoms with Gasteiger partial charge >= 0.3 is 0 Å². The number of aromatic nitrogens is 4. The number of rotatable bonds is 6. The molecule has 5 nitrogen and oxygen atoms in total. The second kappa shape index (κ2) is 6.51. The van der Waals surface area contributed by atoms with Crippen molar-refractivity contribution in [2.75, 3.05) is 11.9 Å². The van der Waals surface area contributed by atoms with Crippen LogP contribution in [0.25, 0.3) is 0 Å². The Balaban J connectivity index is 1.85. The number of hydrogen-bond donors (Lipinski definition) is 1. The van der Waals surface area contributed by atoms with Crippen LogP contribution in [0.15, 0.2) is 23.6 Å². The molecule has 2 rings (SSSR count). The van der Waals surface area contributed by atoms with E-state index in [0.29, 0.717) is 0 Å². The minimum Gasteiger partial charge on any atom is -0.360 e. The van der Waals surface area contributed by atoms with E-state index in [1.165, 1.54) is 0 Å². The molecule has 0 atom stereocenters. The predicted molar refractivity (Wildman–Crippen MR) is 70.3 cm³/mol. The molecule has 0 unspecified atom stereocenters. The molecule has 2 aromatic heterocycles. The Kier molecular flexibility index (Phi) is 4.69. The second-order valence-corrected chi connectivity index (χ2v) is 5.32. The van der Waals surface area contributed by atoms with Crippen LogP contribution < -0.4 is 5.32 Å². The van der Waals surface area contributed by atoms with Gasteiger partial charge < -0.3 is 5.32 Å². The number of hydrogen-bond acceptors (Lipinski definition) is 7. The molecule has 2 heterocycles. The first-order valence-corrected chi connectivity index (χ1v) is 7.13.